The molecule has 0 radical (unpaired) electrons. The van der Waals surface area contributed by atoms with Crippen LogP contribution in [0.15, 0.2) is 0 Å². The fraction of sp³-hybridized carbons (Fsp3) is 0.667. The number of alkyl halides is 2. The molecule has 0 atom stereocenters. The lowest BCUT2D eigenvalue weighted by atomic mass is 10.2. The van der Waals surface area contributed by atoms with Gasteiger partial charge >= 0.3 is 0 Å². The van der Waals surface area contributed by atoms with Crippen molar-refractivity contribution in [2.24, 2.45) is 5.92 Å². The summed E-state index contributed by atoms with van der Waals surface area (Å²) >= 11 is 0. The quantitative estimate of drug-likeness (QED) is 0.769. The Morgan fingerprint density at radius 3 is 2.60 bits per heavy atom. The molecule has 0 bridgehead atoms. The fourth-order valence-corrected chi connectivity index (χ4v) is 1.28. The van der Waals surface area contributed by atoms with Crippen molar-refractivity contribution >= 4 is 0 Å². The third kappa shape index (κ3) is 2.72. The van der Waals surface area contributed by atoms with Crippen molar-refractivity contribution in [3.63, 3.8) is 0 Å². The lowest BCUT2D eigenvalue weighted by Gasteiger charge is -2.08. The molecule has 6 heteroatoms. The minimum Gasteiger partial charge on any atom is -0.243 e. The summed E-state index contributed by atoms with van der Waals surface area (Å²) in [4.78, 5) is 0. The molecule has 0 saturated heterocycles. The van der Waals surface area contributed by atoms with Gasteiger partial charge < -0.3 is 0 Å². The highest BCUT2D eigenvalue weighted by Crippen LogP contribution is 2.22. The molecule has 1 rings (SSSR count). The smallest absolute Gasteiger partial charge is 0.243 e. The molecule has 0 aliphatic carbocycles. The normalized spacial score (nSPS) is 11.0. The summed E-state index contributed by atoms with van der Waals surface area (Å²) in [6.45, 7) is 4.19. The lowest BCUT2D eigenvalue weighted by Crippen LogP contribution is -2.11. The first-order chi connectivity index (χ1) is 7.06. The van der Waals surface area contributed by atoms with E-state index in [-0.39, 0.29) is 23.7 Å². The van der Waals surface area contributed by atoms with Crippen LogP contribution in [0.5, 0.6) is 0 Å². The minimum atomic E-state index is -2.64. The highest BCUT2D eigenvalue weighted by molar-refractivity contribution is 5.15. The maximum atomic E-state index is 12.7. The molecule has 1 aromatic heterocycles. The summed E-state index contributed by atoms with van der Waals surface area (Å²) < 4.78 is 26.6. The molecular formula is C9H12F2N4. The Morgan fingerprint density at radius 1 is 1.47 bits per heavy atom. The first kappa shape index (κ1) is 11.6. The molecule has 1 aromatic rings. The highest BCUT2D eigenvalue weighted by Gasteiger charge is 2.21. The van der Waals surface area contributed by atoms with Gasteiger partial charge in [0, 0.05) is 6.54 Å². The number of hydrogen-bond donors (Lipinski definition) is 0. The van der Waals surface area contributed by atoms with Crippen LogP contribution in [-0.4, -0.2) is 15.0 Å². The number of nitrogens with zero attached hydrogens (tertiary/aromatic N) is 4. The van der Waals surface area contributed by atoms with Gasteiger partial charge in [-0.05, 0) is 5.92 Å². The zero-order chi connectivity index (χ0) is 11.4. The van der Waals surface area contributed by atoms with E-state index < -0.39 is 6.43 Å². The number of nitriles is 1. The molecule has 0 aliphatic rings. The summed E-state index contributed by atoms with van der Waals surface area (Å²) in [6, 6.07) is 1.80. The molecule has 0 saturated carbocycles. The van der Waals surface area contributed by atoms with Crippen LogP contribution >= 0.6 is 0 Å². The van der Waals surface area contributed by atoms with E-state index in [1.54, 1.807) is 6.07 Å². The first-order valence-electron chi connectivity index (χ1n) is 4.63. The van der Waals surface area contributed by atoms with Gasteiger partial charge in [0.05, 0.1) is 12.5 Å². The lowest BCUT2D eigenvalue weighted by molar-refractivity contribution is 0.136. The van der Waals surface area contributed by atoms with Gasteiger partial charge in [-0.3, -0.25) is 0 Å². The predicted molar refractivity (Wildman–Crippen MR) is 49.1 cm³/mol. The summed E-state index contributed by atoms with van der Waals surface area (Å²) in [5.74, 6) is 0.208. The average molecular weight is 214 g/mol. The van der Waals surface area contributed by atoms with Crippen LogP contribution in [0.25, 0.3) is 0 Å². The molecule has 0 aromatic carbocycles. The van der Waals surface area contributed by atoms with Crippen LogP contribution in [0.1, 0.15) is 31.7 Å². The molecule has 0 spiro atoms. The van der Waals surface area contributed by atoms with E-state index in [2.05, 4.69) is 10.3 Å². The van der Waals surface area contributed by atoms with Crippen molar-refractivity contribution < 1.29 is 8.78 Å². The molecule has 1 heterocycles. The monoisotopic (exact) mass is 214 g/mol. The van der Waals surface area contributed by atoms with Crippen molar-refractivity contribution in [2.75, 3.05) is 0 Å². The van der Waals surface area contributed by atoms with E-state index in [0.29, 0.717) is 6.54 Å². The van der Waals surface area contributed by atoms with Gasteiger partial charge in [-0.25, -0.2) is 13.5 Å². The van der Waals surface area contributed by atoms with Gasteiger partial charge in [-0.1, -0.05) is 19.1 Å². The standard InChI is InChI=1S/C9H12F2N4/c1-6(2)5-15-8(9(10)11)7(3-4-12)13-14-15/h6,9H,3,5H2,1-2H3. The van der Waals surface area contributed by atoms with Crippen LogP contribution in [0.2, 0.25) is 0 Å². The Bertz CT molecular complexity index is 365. The number of aromatic nitrogens is 3. The first-order valence-corrected chi connectivity index (χ1v) is 4.63. The molecule has 0 amide bonds. The maximum Gasteiger partial charge on any atom is 0.281 e. The minimum absolute atomic E-state index is 0.0770. The molecule has 0 N–H and O–H groups in total. The second-order valence-corrected chi connectivity index (χ2v) is 3.63. The molecular weight excluding hydrogens is 202 g/mol. The Labute approximate surface area is 86.5 Å². The Kier molecular flexibility index (Phi) is 3.72. The van der Waals surface area contributed by atoms with E-state index in [1.165, 1.54) is 4.68 Å². The Morgan fingerprint density at radius 2 is 2.13 bits per heavy atom. The van der Waals surface area contributed by atoms with E-state index in [9.17, 15) is 8.78 Å². The van der Waals surface area contributed by atoms with Crippen LogP contribution in [0.3, 0.4) is 0 Å². The predicted octanol–water partition coefficient (Wildman–Crippen LogP) is 1.94. The Balaban J connectivity index is 3.02. The summed E-state index contributed by atoms with van der Waals surface area (Å²) in [7, 11) is 0. The zero-order valence-electron chi connectivity index (χ0n) is 8.61. The van der Waals surface area contributed by atoms with Crippen molar-refractivity contribution in [1.82, 2.24) is 15.0 Å². The van der Waals surface area contributed by atoms with Crippen LogP contribution in [0, 0.1) is 17.2 Å². The van der Waals surface area contributed by atoms with Crippen molar-refractivity contribution in [1.29, 1.82) is 5.26 Å². The van der Waals surface area contributed by atoms with Crippen LogP contribution in [-0.2, 0) is 13.0 Å². The van der Waals surface area contributed by atoms with E-state index in [4.69, 9.17) is 5.26 Å². The molecule has 82 valence electrons. The molecule has 0 aliphatic heterocycles. The number of hydrogen-bond acceptors (Lipinski definition) is 3. The largest absolute Gasteiger partial charge is 0.281 e. The third-order valence-corrected chi connectivity index (χ3v) is 1.84. The van der Waals surface area contributed by atoms with Gasteiger partial charge in [0.2, 0.25) is 0 Å². The number of halogens is 2. The molecule has 0 fully saturated rings. The summed E-state index contributed by atoms with van der Waals surface area (Å²) in [5, 5.41) is 15.7. The van der Waals surface area contributed by atoms with E-state index in [1.807, 2.05) is 13.8 Å². The van der Waals surface area contributed by atoms with Gasteiger partial charge in [0.15, 0.2) is 0 Å². The zero-order valence-corrected chi connectivity index (χ0v) is 8.61. The van der Waals surface area contributed by atoms with E-state index >= 15 is 0 Å². The Hall–Kier alpha value is -1.51. The van der Waals surface area contributed by atoms with E-state index in [0.717, 1.165) is 0 Å². The van der Waals surface area contributed by atoms with Crippen molar-refractivity contribution in [3.8, 4) is 6.07 Å². The van der Waals surface area contributed by atoms with Gasteiger partial charge in [0.25, 0.3) is 6.43 Å². The molecule has 0 unspecified atom stereocenters. The van der Waals surface area contributed by atoms with Gasteiger partial charge in [0.1, 0.15) is 11.4 Å². The van der Waals surface area contributed by atoms with Gasteiger partial charge in [-0.15, -0.1) is 5.10 Å². The SMILES string of the molecule is CC(C)Cn1nnc(CC#N)c1C(F)F. The second kappa shape index (κ2) is 4.82. The average Bonchev–Trinajstić information content (AvgIpc) is 2.47. The molecule has 15 heavy (non-hydrogen) atoms. The van der Waals surface area contributed by atoms with Crippen molar-refractivity contribution in [2.45, 2.75) is 33.2 Å². The number of rotatable bonds is 4. The van der Waals surface area contributed by atoms with Crippen LogP contribution < -0.4 is 0 Å². The summed E-state index contributed by atoms with van der Waals surface area (Å²) in [5.41, 5.74) is -0.154. The van der Waals surface area contributed by atoms with Crippen LogP contribution in [0.4, 0.5) is 8.78 Å². The third-order valence-electron chi connectivity index (χ3n) is 1.84. The highest BCUT2D eigenvalue weighted by atomic mass is 19.3. The van der Waals surface area contributed by atoms with Gasteiger partial charge in [-0.2, -0.15) is 5.26 Å². The fourth-order valence-electron chi connectivity index (χ4n) is 1.28. The second-order valence-electron chi connectivity index (χ2n) is 3.63. The maximum absolute atomic E-state index is 12.7. The summed E-state index contributed by atoms with van der Waals surface area (Å²) in [6.07, 6.45) is -2.76. The molecule has 4 nitrogen and oxygen atoms in total. The van der Waals surface area contributed by atoms with Crippen molar-refractivity contribution in [3.05, 3.63) is 11.4 Å². The topological polar surface area (TPSA) is 54.5 Å².